The van der Waals surface area contributed by atoms with E-state index in [1.54, 1.807) is 0 Å². The smallest absolute Gasteiger partial charge is 0.172 e. The molecule has 2 fully saturated rings. The summed E-state index contributed by atoms with van der Waals surface area (Å²) >= 11 is 12.5. The highest BCUT2D eigenvalue weighted by Crippen LogP contribution is 2.32. The van der Waals surface area contributed by atoms with Crippen molar-refractivity contribution >= 4 is 45.9 Å². The monoisotopic (exact) mass is 455 g/mol. The van der Waals surface area contributed by atoms with E-state index in [-0.39, 0.29) is 0 Å². The van der Waals surface area contributed by atoms with Gasteiger partial charge in [-0.2, -0.15) is 0 Å². The van der Waals surface area contributed by atoms with Crippen LogP contribution in [0.4, 0.5) is 11.6 Å². The summed E-state index contributed by atoms with van der Waals surface area (Å²) in [5.74, 6) is 1.90. The van der Waals surface area contributed by atoms with Crippen molar-refractivity contribution in [3.63, 3.8) is 0 Å². The molecule has 1 aliphatic heterocycles. The number of piperazine rings is 1. The Morgan fingerprint density at radius 2 is 1.77 bits per heavy atom. The van der Waals surface area contributed by atoms with Gasteiger partial charge < -0.3 is 10.2 Å². The van der Waals surface area contributed by atoms with E-state index in [4.69, 9.17) is 33.2 Å². The summed E-state index contributed by atoms with van der Waals surface area (Å²) in [5, 5.41) is 5.12. The summed E-state index contributed by atoms with van der Waals surface area (Å²) in [6, 6.07) is 10.5. The Morgan fingerprint density at radius 3 is 2.52 bits per heavy atom. The molecule has 2 aromatic carbocycles. The van der Waals surface area contributed by atoms with Crippen molar-refractivity contribution in [2.45, 2.75) is 39.3 Å². The van der Waals surface area contributed by atoms with Crippen LogP contribution in [0.1, 0.15) is 29.5 Å². The third-order valence-corrected chi connectivity index (χ3v) is 6.68. The van der Waals surface area contributed by atoms with Crippen LogP contribution in [0.25, 0.3) is 11.0 Å². The van der Waals surface area contributed by atoms with E-state index in [0.717, 1.165) is 71.0 Å². The first-order valence-electron chi connectivity index (χ1n) is 10.9. The van der Waals surface area contributed by atoms with Crippen molar-refractivity contribution in [2.75, 3.05) is 36.4 Å². The Balaban J connectivity index is 1.37. The normalized spacial score (nSPS) is 17.4. The maximum absolute atomic E-state index is 6.37. The second-order valence-corrected chi connectivity index (χ2v) is 9.61. The number of nitrogens with one attached hydrogen (secondary N) is 1. The number of rotatable bonds is 5. The van der Waals surface area contributed by atoms with E-state index >= 15 is 0 Å². The van der Waals surface area contributed by atoms with Gasteiger partial charge in [0, 0.05) is 48.8 Å². The van der Waals surface area contributed by atoms with Crippen LogP contribution in [0, 0.1) is 13.8 Å². The summed E-state index contributed by atoms with van der Waals surface area (Å²) < 4.78 is 0. The van der Waals surface area contributed by atoms with E-state index in [1.807, 2.05) is 18.2 Å². The van der Waals surface area contributed by atoms with Gasteiger partial charge in [-0.3, -0.25) is 4.90 Å². The fourth-order valence-corrected chi connectivity index (χ4v) is 4.63. The highest BCUT2D eigenvalue weighted by molar-refractivity contribution is 6.33. The molecule has 7 heteroatoms. The molecule has 2 aliphatic rings. The largest absolute Gasteiger partial charge is 0.364 e. The highest BCUT2D eigenvalue weighted by Gasteiger charge is 2.27. The molecule has 1 saturated heterocycles. The first-order chi connectivity index (χ1) is 15.0. The second-order valence-electron chi connectivity index (χ2n) is 8.76. The van der Waals surface area contributed by atoms with Gasteiger partial charge in [0.15, 0.2) is 11.6 Å². The fourth-order valence-electron chi connectivity index (χ4n) is 4.26. The molecule has 31 heavy (non-hydrogen) atoms. The van der Waals surface area contributed by atoms with E-state index in [1.165, 1.54) is 24.0 Å². The zero-order chi connectivity index (χ0) is 21.5. The van der Waals surface area contributed by atoms with Gasteiger partial charge in [-0.05, 0) is 67.6 Å². The Morgan fingerprint density at radius 1 is 1.00 bits per heavy atom. The van der Waals surface area contributed by atoms with Crippen molar-refractivity contribution in [1.29, 1.82) is 0 Å². The average Bonchev–Trinajstić information content (AvgIpc) is 3.55. The van der Waals surface area contributed by atoms with Crippen LogP contribution in [0.15, 0.2) is 30.3 Å². The van der Waals surface area contributed by atoms with Gasteiger partial charge in [0.25, 0.3) is 0 Å². The van der Waals surface area contributed by atoms with Crippen molar-refractivity contribution in [1.82, 2.24) is 14.9 Å². The van der Waals surface area contributed by atoms with Gasteiger partial charge in [-0.1, -0.05) is 29.3 Å². The van der Waals surface area contributed by atoms with Crippen LogP contribution < -0.4 is 10.2 Å². The lowest BCUT2D eigenvalue weighted by Crippen LogP contribution is -2.46. The summed E-state index contributed by atoms with van der Waals surface area (Å²) in [6.45, 7) is 8.74. The Kier molecular flexibility index (Phi) is 5.67. The molecule has 5 nitrogen and oxygen atoms in total. The summed E-state index contributed by atoms with van der Waals surface area (Å²) in [4.78, 5) is 14.9. The predicted molar refractivity (Wildman–Crippen MR) is 130 cm³/mol. The molecule has 0 bridgehead atoms. The SMILES string of the molecule is Cc1cc(C)c2nc(N3CCN(Cc4cc(Cl)ccc4Cl)CC3)c(NC3CC3)nc2c1. The minimum absolute atomic E-state index is 0.530. The third kappa shape index (κ3) is 4.59. The molecular weight excluding hydrogens is 429 g/mol. The molecule has 1 saturated carbocycles. The summed E-state index contributed by atoms with van der Waals surface area (Å²) in [7, 11) is 0. The van der Waals surface area contributed by atoms with Crippen LogP contribution >= 0.6 is 23.2 Å². The van der Waals surface area contributed by atoms with Crippen LogP contribution in [0.5, 0.6) is 0 Å². The van der Waals surface area contributed by atoms with Crippen molar-refractivity contribution in [3.05, 3.63) is 57.1 Å². The first-order valence-corrected chi connectivity index (χ1v) is 11.7. The lowest BCUT2D eigenvalue weighted by atomic mass is 10.1. The number of nitrogens with zero attached hydrogens (tertiary/aromatic N) is 4. The highest BCUT2D eigenvalue weighted by atomic mass is 35.5. The van der Waals surface area contributed by atoms with Gasteiger partial charge in [-0.15, -0.1) is 0 Å². The fraction of sp³-hybridized carbons (Fsp3) is 0.417. The van der Waals surface area contributed by atoms with Crippen LogP contribution in [0.2, 0.25) is 10.0 Å². The van der Waals surface area contributed by atoms with Gasteiger partial charge in [0.2, 0.25) is 0 Å². The Hall–Kier alpha value is -2.08. The minimum atomic E-state index is 0.530. The molecule has 0 radical (unpaired) electrons. The zero-order valence-electron chi connectivity index (χ0n) is 18.0. The van der Waals surface area contributed by atoms with Crippen LogP contribution in [-0.4, -0.2) is 47.1 Å². The molecule has 0 amide bonds. The molecule has 0 unspecified atom stereocenters. The maximum atomic E-state index is 6.37. The molecule has 1 aromatic heterocycles. The second kappa shape index (κ2) is 8.45. The number of fused-ring (bicyclic) bond motifs is 1. The molecule has 5 rings (SSSR count). The average molecular weight is 456 g/mol. The zero-order valence-corrected chi connectivity index (χ0v) is 19.5. The number of halogens is 2. The molecule has 2 heterocycles. The van der Waals surface area contributed by atoms with Gasteiger partial charge in [0.1, 0.15) is 0 Å². The van der Waals surface area contributed by atoms with E-state index in [9.17, 15) is 0 Å². The first kappa shape index (κ1) is 20.8. The Labute approximate surface area is 193 Å². The topological polar surface area (TPSA) is 44.3 Å². The van der Waals surface area contributed by atoms with Gasteiger partial charge >= 0.3 is 0 Å². The molecule has 3 aromatic rings. The summed E-state index contributed by atoms with van der Waals surface area (Å²) in [5.41, 5.74) is 5.44. The minimum Gasteiger partial charge on any atom is -0.364 e. The number of aromatic nitrogens is 2. The van der Waals surface area contributed by atoms with Crippen LogP contribution in [-0.2, 0) is 6.54 Å². The third-order valence-electron chi connectivity index (χ3n) is 6.08. The number of benzene rings is 2. The maximum Gasteiger partial charge on any atom is 0.172 e. The summed E-state index contributed by atoms with van der Waals surface area (Å²) in [6.07, 6.45) is 2.42. The van der Waals surface area contributed by atoms with Crippen molar-refractivity contribution in [3.8, 4) is 0 Å². The van der Waals surface area contributed by atoms with Crippen molar-refractivity contribution in [2.24, 2.45) is 0 Å². The lowest BCUT2D eigenvalue weighted by Gasteiger charge is -2.36. The number of hydrogen-bond donors (Lipinski definition) is 1. The molecular formula is C24H27Cl2N5. The molecule has 0 spiro atoms. The number of hydrogen-bond acceptors (Lipinski definition) is 5. The number of aryl methyl sites for hydroxylation is 2. The quantitative estimate of drug-likeness (QED) is 0.553. The standard InChI is InChI=1S/C24H27Cl2N5/c1-15-11-16(2)22-21(12-15)28-23(27-19-4-5-19)24(29-22)31-9-7-30(8-10-31)14-17-13-18(25)3-6-20(17)26/h3,6,11-13,19H,4-5,7-10,14H2,1-2H3,(H,27,28). The van der Waals surface area contributed by atoms with Crippen molar-refractivity contribution < 1.29 is 0 Å². The molecule has 162 valence electrons. The molecule has 1 N–H and O–H groups in total. The van der Waals surface area contributed by atoms with E-state index in [0.29, 0.717) is 6.04 Å². The number of anilines is 2. The van der Waals surface area contributed by atoms with Gasteiger partial charge in [-0.25, -0.2) is 9.97 Å². The molecule has 1 aliphatic carbocycles. The van der Waals surface area contributed by atoms with E-state index < -0.39 is 0 Å². The predicted octanol–water partition coefficient (Wildman–Crippen LogP) is 5.45. The Bertz CT molecular complexity index is 1120. The lowest BCUT2D eigenvalue weighted by molar-refractivity contribution is 0.249. The van der Waals surface area contributed by atoms with E-state index in [2.05, 4.69) is 41.1 Å². The van der Waals surface area contributed by atoms with Gasteiger partial charge in [0.05, 0.1) is 11.0 Å². The molecule has 0 atom stereocenters. The van der Waals surface area contributed by atoms with Crippen LogP contribution in [0.3, 0.4) is 0 Å².